The van der Waals surface area contributed by atoms with Crippen LogP contribution in [-0.4, -0.2) is 38.1 Å². The Hall–Kier alpha value is -1.85. The second kappa shape index (κ2) is 5.11. The molecule has 3 heterocycles. The molecule has 1 N–H and O–H groups in total. The van der Waals surface area contributed by atoms with Gasteiger partial charge in [-0.25, -0.2) is 0 Å². The molecule has 0 atom stereocenters. The van der Waals surface area contributed by atoms with Gasteiger partial charge in [0.1, 0.15) is 0 Å². The van der Waals surface area contributed by atoms with Crippen LogP contribution in [0.1, 0.15) is 44.7 Å². The van der Waals surface area contributed by atoms with E-state index in [-0.39, 0.29) is 0 Å². The minimum Gasteiger partial charge on any atom is -0.340 e. The number of H-pyrrole nitrogens is 1. The lowest BCUT2D eigenvalue weighted by molar-refractivity contribution is 0.107. The number of aryl methyl sites for hydroxylation is 1. The van der Waals surface area contributed by atoms with Gasteiger partial charge in [0.25, 0.3) is 0 Å². The number of aromatic amines is 1. The Morgan fingerprint density at radius 2 is 2.05 bits per heavy atom. The molecule has 1 saturated heterocycles. The number of rotatable bonds is 3. The van der Waals surface area contributed by atoms with Crippen molar-refractivity contribution in [3.8, 4) is 11.4 Å². The lowest BCUT2D eigenvalue weighted by atomic mass is 9.64. The predicted octanol–water partition coefficient (Wildman–Crippen LogP) is 2.77. The van der Waals surface area contributed by atoms with E-state index in [4.69, 9.17) is 0 Å². The highest BCUT2D eigenvalue weighted by Crippen LogP contribution is 2.48. The van der Waals surface area contributed by atoms with Crippen LogP contribution in [0.4, 0.5) is 5.95 Å². The summed E-state index contributed by atoms with van der Waals surface area (Å²) in [5, 5.41) is 16.1. The molecule has 2 aromatic rings. The molecule has 2 aromatic heterocycles. The Bertz CT molecular complexity index is 666. The second-order valence-corrected chi connectivity index (χ2v) is 6.86. The molecule has 118 valence electrons. The number of hydrogen-bond donors (Lipinski definition) is 1. The monoisotopic (exact) mass is 300 g/mol. The first-order valence-electron chi connectivity index (χ1n) is 8.41. The largest absolute Gasteiger partial charge is 0.340 e. The van der Waals surface area contributed by atoms with Crippen molar-refractivity contribution in [2.24, 2.45) is 5.41 Å². The maximum atomic E-state index is 4.53. The van der Waals surface area contributed by atoms with E-state index in [1.54, 1.807) is 0 Å². The summed E-state index contributed by atoms with van der Waals surface area (Å²) in [6.45, 7) is 7.32. The number of nitrogens with zero attached hydrogens (tertiary/aromatic N) is 5. The SMILES string of the molecule is CCn1c(-c2cn[nH]c2C)nnc1N1CCCC2(CCC2)C1. The Morgan fingerprint density at radius 1 is 1.23 bits per heavy atom. The van der Waals surface area contributed by atoms with Crippen molar-refractivity contribution in [1.29, 1.82) is 0 Å². The first-order valence-corrected chi connectivity index (χ1v) is 8.41. The van der Waals surface area contributed by atoms with Crippen LogP contribution in [0.5, 0.6) is 0 Å². The van der Waals surface area contributed by atoms with E-state index in [2.05, 4.69) is 36.8 Å². The van der Waals surface area contributed by atoms with Gasteiger partial charge in [0.2, 0.25) is 5.95 Å². The molecule has 2 aliphatic rings. The Kier molecular flexibility index (Phi) is 3.20. The summed E-state index contributed by atoms with van der Waals surface area (Å²) in [5.74, 6) is 1.96. The molecule has 1 aliphatic heterocycles. The van der Waals surface area contributed by atoms with Gasteiger partial charge in [-0.1, -0.05) is 6.42 Å². The zero-order chi connectivity index (χ0) is 15.2. The molecule has 6 nitrogen and oxygen atoms in total. The van der Waals surface area contributed by atoms with Gasteiger partial charge >= 0.3 is 0 Å². The molecule has 0 amide bonds. The highest BCUT2D eigenvalue weighted by Gasteiger charge is 2.41. The van der Waals surface area contributed by atoms with Crippen LogP contribution in [0.2, 0.25) is 0 Å². The fourth-order valence-electron chi connectivity index (χ4n) is 4.06. The Morgan fingerprint density at radius 3 is 2.68 bits per heavy atom. The highest BCUT2D eigenvalue weighted by atomic mass is 15.4. The summed E-state index contributed by atoms with van der Waals surface area (Å²) in [5.41, 5.74) is 2.66. The molecular weight excluding hydrogens is 276 g/mol. The first kappa shape index (κ1) is 13.8. The zero-order valence-corrected chi connectivity index (χ0v) is 13.5. The molecule has 6 heteroatoms. The average molecular weight is 300 g/mol. The van der Waals surface area contributed by atoms with Crippen LogP contribution in [0.15, 0.2) is 6.20 Å². The molecular formula is C16H24N6. The Labute approximate surface area is 130 Å². The van der Waals surface area contributed by atoms with Crippen molar-refractivity contribution in [2.75, 3.05) is 18.0 Å². The zero-order valence-electron chi connectivity index (χ0n) is 13.5. The van der Waals surface area contributed by atoms with Gasteiger partial charge in [0, 0.05) is 25.3 Å². The van der Waals surface area contributed by atoms with Crippen molar-refractivity contribution >= 4 is 5.95 Å². The molecule has 1 spiro atoms. The smallest absolute Gasteiger partial charge is 0.227 e. The van der Waals surface area contributed by atoms with Crippen LogP contribution in [-0.2, 0) is 6.54 Å². The van der Waals surface area contributed by atoms with E-state index in [9.17, 15) is 0 Å². The summed E-state index contributed by atoms with van der Waals surface area (Å²) < 4.78 is 2.23. The van der Waals surface area contributed by atoms with Crippen LogP contribution in [0.25, 0.3) is 11.4 Å². The molecule has 1 saturated carbocycles. The van der Waals surface area contributed by atoms with Crippen molar-refractivity contribution in [3.63, 3.8) is 0 Å². The molecule has 0 bridgehead atoms. The van der Waals surface area contributed by atoms with E-state index in [1.807, 2.05) is 13.1 Å². The third-order valence-corrected chi connectivity index (χ3v) is 5.48. The van der Waals surface area contributed by atoms with E-state index in [0.717, 1.165) is 42.7 Å². The van der Waals surface area contributed by atoms with Crippen LogP contribution < -0.4 is 4.90 Å². The summed E-state index contributed by atoms with van der Waals surface area (Å²) in [7, 11) is 0. The predicted molar refractivity (Wildman–Crippen MR) is 85.7 cm³/mol. The topological polar surface area (TPSA) is 62.6 Å². The lowest BCUT2D eigenvalue weighted by Crippen LogP contribution is -2.47. The third kappa shape index (κ3) is 2.04. The summed E-state index contributed by atoms with van der Waals surface area (Å²) >= 11 is 0. The van der Waals surface area contributed by atoms with Gasteiger partial charge in [-0.3, -0.25) is 9.67 Å². The van der Waals surface area contributed by atoms with E-state index in [1.165, 1.54) is 32.1 Å². The average Bonchev–Trinajstić information content (AvgIpc) is 3.11. The molecule has 0 aromatic carbocycles. The molecule has 1 aliphatic carbocycles. The number of anilines is 1. The Balaban J connectivity index is 1.67. The number of piperidine rings is 1. The summed E-state index contributed by atoms with van der Waals surface area (Å²) in [6.07, 6.45) is 8.68. The van der Waals surface area contributed by atoms with Gasteiger partial charge in [-0.05, 0) is 44.9 Å². The van der Waals surface area contributed by atoms with Gasteiger partial charge in [0.15, 0.2) is 5.82 Å². The summed E-state index contributed by atoms with van der Waals surface area (Å²) in [4.78, 5) is 2.46. The van der Waals surface area contributed by atoms with Crippen LogP contribution in [0.3, 0.4) is 0 Å². The quantitative estimate of drug-likeness (QED) is 0.946. The first-order chi connectivity index (χ1) is 10.7. The molecule has 2 fully saturated rings. The van der Waals surface area contributed by atoms with E-state index < -0.39 is 0 Å². The lowest BCUT2D eigenvalue weighted by Gasteiger charge is -2.49. The molecule has 22 heavy (non-hydrogen) atoms. The van der Waals surface area contributed by atoms with Gasteiger partial charge < -0.3 is 4.90 Å². The minimum atomic E-state index is 0.564. The van der Waals surface area contributed by atoms with Crippen LogP contribution >= 0.6 is 0 Å². The van der Waals surface area contributed by atoms with Crippen molar-refractivity contribution < 1.29 is 0 Å². The highest BCUT2D eigenvalue weighted by molar-refractivity contribution is 5.59. The summed E-state index contributed by atoms with van der Waals surface area (Å²) in [6, 6.07) is 0. The van der Waals surface area contributed by atoms with E-state index >= 15 is 0 Å². The van der Waals surface area contributed by atoms with Crippen molar-refractivity contribution in [3.05, 3.63) is 11.9 Å². The standard InChI is InChI=1S/C16H24N6/c1-3-22-14(13-10-17-18-12(13)2)19-20-15(22)21-9-5-8-16(11-21)6-4-7-16/h10H,3-9,11H2,1-2H3,(H,17,18). The normalized spacial score (nSPS) is 20.4. The minimum absolute atomic E-state index is 0.564. The fraction of sp³-hybridized carbons (Fsp3) is 0.688. The number of aromatic nitrogens is 5. The van der Waals surface area contributed by atoms with Gasteiger partial charge in [-0.15, -0.1) is 10.2 Å². The second-order valence-electron chi connectivity index (χ2n) is 6.86. The molecule has 4 rings (SSSR count). The van der Waals surface area contributed by atoms with Gasteiger partial charge in [0.05, 0.1) is 11.8 Å². The van der Waals surface area contributed by atoms with Crippen molar-refractivity contribution in [2.45, 2.75) is 52.5 Å². The number of nitrogens with one attached hydrogen (secondary N) is 1. The maximum absolute atomic E-state index is 4.53. The molecule has 0 unspecified atom stereocenters. The maximum Gasteiger partial charge on any atom is 0.227 e. The molecule has 0 radical (unpaired) electrons. The third-order valence-electron chi connectivity index (χ3n) is 5.48. The van der Waals surface area contributed by atoms with Crippen LogP contribution in [0, 0.1) is 12.3 Å². The van der Waals surface area contributed by atoms with Crippen molar-refractivity contribution in [1.82, 2.24) is 25.0 Å². The fourth-order valence-corrected chi connectivity index (χ4v) is 4.06. The van der Waals surface area contributed by atoms with Gasteiger partial charge in [-0.2, -0.15) is 5.10 Å². The van der Waals surface area contributed by atoms with E-state index in [0.29, 0.717) is 5.41 Å². The number of hydrogen-bond acceptors (Lipinski definition) is 4.